The van der Waals surface area contributed by atoms with Crippen LogP contribution in [-0.4, -0.2) is 0 Å². The molecule has 0 aliphatic carbocycles. The summed E-state index contributed by atoms with van der Waals surface area (Å²) in [4.78, 5) is 0. The molecule has 2 aromatic carbocycles. The van der Waals surface area contributed by atoms with Crippen LogP contribution in [0.25, 0.3) is 0 Å². The standard InChI is InChI=1S/2C7H8O.3Li/c1-6-2-4-7(8)5-3-6;1-6-4-2-3-5-7(6)8;;;/h2*2-5,8H,1H3;;;/q;;3*+1/p-2. The van der Waals surface area contributed by atoms with Crippen LogP contribution >= 0.6 is 0 Å². The summed E-state index contributed by atoms with van der Waals surface area (Å²) in [5.74, 6) is 0.197. The molecule has 0 atom stereocenters. The van der Waals surface area contributed by atoms with Crippen molar-refractivity contribution in [1.29, 1.82) is 0 Å². The van der Waals surface area contributed by atoms with Crippen molar-refractivity contribution in [2.45, 2.75) is 13.8 Å². The van der Waals surface area contributed by atoms with E-state index in [-0.39, 0.29) is 68.1 Å². The third-order valence-electron chi connectivity index (χ3n) is 2.11. The van der Waals surface area contributed by atoms with E-state index in [0.29, 0.717) is 0 Å². The molecule has 0 spiro atoms. The Hall–Kier alpha value is -0.168. The van der Waals surface area contributed by atoms with Gasteiger partial charge in [0.25, 0.3) is 0 Å². The fourth-order valence-electron chi connectivity index (χ4n) is 1.09. The van der Waals surface area contributed by atoms with Crippen LogP contribution in [0.1, 0.15) is 11.1 Å². The van der Waals surface area contributed by atoms with Gasteiger partial charge in [-0.3, -0.25) is 0 Å². The van der Waals surface area contributed by atoms with Gasteiger partial charge in [-0.05, 0) is 13.8 Å². The van der Waals surface area contributed by atoms with Gasteiger partial charge in [-0.25, -0.2) is 0 Å². The van der Waals surface area contributed by atoms with Crippen LogP contribution in [0.15, 0.2) is 48.5 Å². The number of benzene rings is 2. The summed E-state index contributed by atoms with van der Waals surface area (Å²) in [5.41, 5.74) is 1.94. The van der Waals surface area contributed by atoms with Crippen molar-refractivity contribution in [3.63, 3.8) is 0 Å². The molecule has 0 saturated carbocycles. The molecule has 19 heavy (non-hydrogen) atoms. The third kappa shape index (κ3) is 10.3. The minimum Gasteiger partial charge on any atom is -0.872 e. The maximum absolute atomic E-state index is 10.6. The van der Waals surface area contributed by atoms with E-state index in [9.17, 15) is 10.2 Å². The molecule has 84 valence electrons. The molecule has 0 aliphatic heterocycles. The Morgan fingerprint density at radius 2 is 1.16 bits per heavy atom. The Bertz CT molecular complexity index is 403. The van der Waals surface area contributed by atoms with Crippen LogP contribution in [0, 0.1) is 13.8 Å². The minimum absolute atomic E-state index is 0. The molecule has 0 aromatic heterocycles. The van der Waals surface area contributed by atoms with Crippen LogP contribution in [0.2, 0.25) is 0 Å². The summed E-state index contributed by atoms with van der Waals surface area (Å²) in [5, 5.41) is 21.0. The van der Waals surface area contributed by atoms with E-state index in [1.807, 2.05) is 38.1 Å². The first kappa shape index (κ1) is 23.9. The van der Waals surface area contributed by atoms with E-state index in [1.165, 1.54) is 0 Å². The smallest absolute Gasteiger partial charge is 0.872 e. The van der Waals surface area contributed by atoms with Gasteiger partial charge >= 0.3 is 56.6 Å². The third-order valence-corrected chi connectivity index (χ3v) is 2.11. The van der Waals surface area contributed by atoms with Crippen LogP contribution in [-0.2, 0) is 0 Å². The average Bonchev–Trinajstić information content (AvgIpc) is 2.28. The second kappa shape index (κ2) is 12.8. The van der Waals surface area contributed by atoms with Gasteiger partial charge in [0.15, 0.2) is 0 Å². The number of hydrogen-bond donors (Lipinski definition) is 0. The molecule has 5 heteroatoms. The summed E-state index contributed by atoms with van der Waals surface area (Å²) in [6, 6.07) is 13.7. The fraction of sp³-hybridized carbons (Fsp3) is 0.143. The molecule has 0 heterocycles. The molecule has 0 unspecified atom stereocenters. The molecule has 0 N–H and O–H groups in total. The van der Waals surface area contributed by atoms with Gasteiger partial charge in [-0.15, -0.1) is 11.5 Å². The van der Waals surface area contributed by atoms with Gasteiger partial charge in [0, 0.05) is 0 Å². The molecule has 0 bridgehead atoms. The van der Waals surface area contributed by atoms with E-state index in [1.54, 1.807) is 24.3 Å². The zero-order chi connectivity index (χ0) is 12.0. The summed E-state index contributed by atoms with van der Waals surface area (Å²) < 4.78 is 0. The average molecular weight is 235 g/mol. The van der Waals surface area contributed by atoms with Crippen LogP contribution in [0.3, 0.4) is 0 Å². The van der Waals surface area contributed by atoms with Crippen LogP contribution in [0.5, 0.6) is 11.5 Å². The summed E-state index contributed by atoms with van der Waals surface area (Å²) in [6.07, 6.45) is 0. The Balaban J connectivity index is -0.000000233. The molecule has 0 aliphatic rings. The van der Waals surface area contributed by atoms with Gasteiger partial charge in [-0.2, -0.15) is 0 Å². The summed E-state index contributed by atoms with van der Waals surface area (Å²) in [7, 11) is 0. The van der Waals surface area contributed by atoms with E-state index >= 15 is 0 Å². The first-order valence-electron chi connectivity index (χ1n) is 5.06. The van der Waals surface area contributed by atoms with Crippen LogP contribution < -0.4 is 66.8 Å². The molecule has 2 nitrogen and oxygen atoms in total. The Morgan fingerprint density at radius 1 is 0.684 bits per heavy atom. The van der Waals surface area contributed by atoms with Gasteiger partial charge in [-0.1, -0.05) is 59.7 Å². The molecule has 0 saturated heterocycles. The number of hydrogen-bond acceptors (Lipinski definition) is 2. The first-order valence-corrected chi connectivity index (χ1v) is 5.06. The molecule has 2 aromatic rings. The van der Waals surface area contributed by atoms with Crippen molar-refractivity contribution in [2.24, 2.45) is 0 Å². The zero-order valence-corrected chi connectivity index (χ0v) is 12.4. The largest absolute Gasteiger partial charge is 1.00 e. The zero-order valence-electron chi connectivity index (χ0n) is 12.4. The van der Waals surface area contributed by atoms with Gasteiger partial charge in [0.1, 0.15) is 0 Å². The van der Waals surface area contributed by atoms with Crippen molar-refractivity contribution in [3.05, 3.63) is 59.7 Å². The maximum Gasteiger partial charge on any atom is 1.00 e. The van der Waals surface area contributed by atoms with Gasteiger partial charge in [0.05, 0.1) is 0 Å². The van der Waals surface area contributed by atoms with Gasteiger partial charge in [0.2, 0.25) is 0 Å². The van der Waals surface area contributed by atoms with Crippen molar-refractivity contribution < 1.29 is 66.8 Å². The molecule has 0 fully saturated rings. The second-order valence-electron chi connectivity index (χ2n) is 3.58. The molecular weight excluding hydrogens is 221 g/mol. The predicted octanol–water partition coefficient (Wildman–Crippen LogP) is -6.85. The Labute approximate surface area is 151 Å². The normalized spacial score (nSPS) is 7.68. The summed E-state index contributed by atoms with van der Waals surface area (Å²) in [6.45, 7) is 3.77. The van der Waals surface area contributed by atoms with E-state index in [2.05, 4.69) is 0 Å². The van der Waals surface area contributed by atoms with E-state index < -0.39 is 0 Å². The summed E-state index contributed by atoms with van der Waals surface area (Å²) >= 11 is 0. The second-order valence-corrected chi connectivity index (χ2v) is 3.58. The first-order chi connectivity index (χ1) is 7.59. The number of para-hydroxylation sites is 1. The van der Waals surface area contributed by atoms with Crippen LogP contribution in [0.4, 0.5) is 0 Å². The van der Waals surface area contributed by atoms with Crippen molar-refractivity contribution in [3.8, 4) is 11.5 Å². The topological polar surface area (TPSA) is 46.1 Å². The minimum atomic E-state index is 0. The SMILES string of the molecule is Cc1ccc([O-])cc1.Cc1ccccc1[O-].[Li+].[Li+].[Li+]. The predicted molar refractivity (Wildman–Crippen MR) is 61.3 cm³/mol. The quantitative estimate of drug-likeness (QED) is 0.426. The Morgan fingerprint density at radius 3 is 1.47 bits per heavy atom. The molecule has 2 rings (SSSR count). The van der Waals surface area contributed by atoms with E-state index in [4.69, 9.17) is 0 Å². The molecular formula is C14H14Li3O2+. The van der Waals surface area contributed by atoms with Gasteiger partial charge < -0.3 is 10.2 Å². The number of rotatable bonds is 0. The monoisotopic (exact) mass is 235 g/mol. The number of aryl methyl sites for hydroxylation is 2. The van der Waals surface area contributed by atoms with Crippen molar-refractivity contribution in [1.82, 2.24) is 0 Å². The van der Waals surface area contributed by atoms with E-state index in [0.717, 1.165) is 11.1 Å². The van der Waals surface area contributed by atoms with Crippen molar-refractivity contribution in [2.75, 3.05) is 0 Å². The molecule has 0 radical (unpaired) electrons. The Kier molecular flexibility index (Phi) is 16.2. The van der Waals surface area contributed by atoms with Crippen molar-refractivity contribution >= 4 is 0 Å². The molecule has 0 amide bonds. The fourth-order valence-corrected chi connectivity index (χ4v) is 1.09. The maximum atomic E-state index is 10.6.